The Labute approximate surface area is 222 Å². The highest BCUT2D eigenvalue weighted by Crippen LogP contribution is 2.36. The second kappa shape index (κ2) is 10.0. The summed E-state index contributed by atoms with van der Waals surface area (Å²) < 4.78 is 5.41. The van der Waals surface area contributed by atoms with E-state index in [1.807, 2.05) is 12.1 Å². The van der Waals surface area contributed by atoms with Crippen molar-refractivity contribution in [3.05, 3.63) is 57.2 Å². The van der Waals surface area contributed by atoms with Crippen molar-refractivity contribution in [1.82, 2.24) is 20.1 Å². The third-order valence-electron chi connectivity index (χ3n) is 5.24. The number of hydrogen-bond donors (Lipinski definition) is 4. The van der Waals surface area contributed by atoms with Crippen LogP contribution >= 0.6 is 34.8 Å². The van der Waals surface area contributed by atoms with Gasteiger partial charge in [0.2, 0.25) is 0 Å². The zero-order chi connectivity index (χ0) is 26.2. The molecule has 5 N–H and O–H groups in total. The molecule has 4 rings (SSSR count). The van der Waals surface area contributed by atoms with Gasteiger partial charge in [0.1, 0.15) is 5.60 Å². The van der Waals surface area contributed by atoms with Crippen LogP contribution in [0, 0.1) is 5.41 Å². The number of guanidine groups is 1. The number of fused-ring (bicyclic) bond motifs is 3. The molecule has 0 aliphatic heterocycles. The average Bonchev–Trinajstić information content (AvgIpc) is 3.11. The smallest absolute Gasteiger partial charge is 0.417 e. The second-order valence-corrected chi connectivity index (χ2v) is 10.3. The van der Waals surface area contributed by atoms with Crippen LogP contribution in [0.15, 0.2) is 36.4 Å². The van der Waals surface area contributed by atoms with Gasteiger partial charge < -0.3 is 20.8 Å². The number of nitrogens with zero attached hydrogens (tertiary/aromatic N) is 3. The molecule has 0 aliphatic carbocycles. The van der Waals surface area contributed by atoms with Crippen molar-refractivity contribution in [3.63, 3.8) is 0 Å². The van der Waals surface area contributed by atoms with Crippen LogP contribution in [0.1, 0.15) is 26.3 Å². The van der Waals surface area contributed by atoms with Gasteiger partial charge in [0.25, 0.3) is 0 Å². The first-order valence-corrected chi connectivity index (χ1v) is 12.1. The van der Waals surface area contributed by atoms with Crippen molar-refractivity contribution in [3.8, 4) is 0 Å². The Balaban J connectivity index is 1.75. The summed E-state index contributed by atoms with van der Waals surface area (Å²) in [6, 6.07) is 10.8. The van der Waals surface area contributed by atoms with Gasteiger partial charge in [0, 0.05) is 34.0 Å². The van der Waals surface area contributed by atoms with Gasteiger partial charge in [0.15, 0.2) is 16.9 Å². The molecule has 188 valence electrons. The number of halogens is 3. The predicted molar refractivity (Wildman–Crippen MR) is 145 cm³/mol. The number of rotatable bonds is 5. The monoisotopic (exact) mass is 547 g/mol. The third kappa shape index (κ3) is 5.75. The number of benzene rings is 2. The van der Waals surface area contributed by atoms with Crippen molar-refractivity contribution < 1.29 is 9.53 Å². The molecule has 0 atom stereocenters. The van der Waals surface area contributed by atoms with E-state index in [1.165, 1.54) is 0 Å². The first-order chi connectivity index (χ1) is 16.9. The minimum absolute atomic E-state index is 0.125. The van der Waals surface area contributed by atoms with Gasteiger partial charge in [-0.15, -0.1) is 10.2 Å². The summed E-state index contributed by atoms with van der Waals surface area (Å²) >= 11 is 18.4. The molecule has 2 aromatic carbocycles. The second-order valence-electron chi connectivity index (χ2n) is 9.13. The molecule has 0 fully saturated rings. The first-order valence-electron chi connectivity index (χ1n) is 11.0. The number of amides is 1. The van der Waals surface area contributed by atoms with E-state index in [4.69, 9.17) is 50.7 Å². The molecule has 0 saturated heterocycles. The number of H-pyrrole nitrogens is 1. The number of anilines is 2. The van der Waals surface area contributed by atoms with E-state index in [0.29, 0.717) is 22.3 Å². The number of aromatic amines is 1. The van der Waals surface area contributed by atoms with E-state index in [9.17, 15) is 4.79 Å². The molecule has 12 heteroatoms. The molecule has 0 saturated carbocycles. The van der Waals surface area contributed by atoms with Crippen molar-refractivity contribution in [1.29, 1.82) is 5.41 Å². The van der Waals surface area contributed by atoms with Crippen molar-refractivity contribution >= 4 is 80.2 Å². The summed E-state index contributed by atoms with van der Waals surface area (Å²) in [4.78, 5) is 17.1. The van der Waals surface area contributed by atoms with E-state index in [2.05, 4.69) is 20.5 Å². The minimum Gasteiger partial charge on any atom is -0.443 e. The predicted octanol–water partition coefficient (Wildman–Crippen LogP) is 6.49. The Hall–Kier alpha value is -3.27. The van der Waals surface area contributed by atoms with Crippen molar-refractivity contribution in [2.45, 2.75) is 32.8 Å². The first kappa shape index (κ1) is 25.8. The summed E-state index contributed by atoms with van der Waals surface area (Å²) in [5.41, 5.74) is 8.21. The molecule has 36 heavy (non-hydrogen) atoms. The highest BCUT2D eigenvalue weighted by atomic mass is 35.5. The highest BCUT2D eigenvalue weighted by molar-refractivity contribution is 6.43. The number of nitrogens with two attached hydrogens (primary N) is 1. The number of aromatic nitrogens is 3. The summed E-state index contributed by atoms with van der Waals surface area (Å²) in [6.07, 6.45) is -0.321. The van der Waals surface area contributed by atoms with Gasteiger partial charge in [0.05, 0.1) is 10.0 Å². The molecule has 4 aromatic rings. The van der Waals surface area contributed by atoms with Gasteiger partial charge in [-0.05, 0) is 69.2 Å². The maximum Gasteiger partial charge on any atom is 0.417 e. The van der Waals surface area contributed by atoms with Crippen LogP contribution in [0.3, 0.4) is 0 Å². The SMILES string of the molecule is CC(C)(C)OC(=O)N(CCc1cc(Nc2ccc(Cl)nn2)cc2c1[nH]c1cc(Cl)c(Cl)cc12)C(=N)N. The zero-order valence-electron chi connectivity index (χ0n) is 19.7. The Morgan fingerprint density at radius 1 is 1.11 bits per heavy atom. The fourth-order valence-corrected chi connectivity index (χ4v) is 4.16. The molecule has 0 radical (unpaired) electrons. The third-order valence-corrected chi connectivity index (χ3v) is 6.17. The van der Waals surface area contributed by atoms with Crippen LogP contribution in [-0.4, -0.2) is 44.3 Å². The number of hydrogen-bond acceptors (Lipinski definition) is 6. The lowest BCUT2D eigenvalue weighted by molar-refractivity contribution is 0.0368. The van der Waals surface area contributed by atoms with E-state index in [-0.39, 0.29) is 11.7 Å². The average molecular weight is 549 g/mol. The Morgan fingerprint density at radius 2 is 1.83 bits per heavy atom. The maximum atomic E-state index is 12.6. The van der Waals surface area contributed by atoms with Gasteiger partial charge >= 0.3 is 6.09 Å². The van der Waals surface area contributed by atoms with Gasteiger partial charge in [-0.25, -0.2) is 9.69 Å². The van der Waals surface area contributed by atoms with Crippen LogP contribution in [-0.2, 0) is 11.2 Å². The zero-order valence-corrected chi connectivity index (χ0v) is 22.0. The van der Waals surface area contributed by atoms with Crippen LogP contribution in [0.25, 0.3) is 21.8 Å². The summed E-state index contributed by atoms with van der Waals surface area (Å²) in [5, 5.41) is 22.0. The molecular weight excluding hydrogens is 525 g/mol. The van der Waals surface area contributed by atoms with Gasteiger partial charge in [-0.1, -0.05) is 34.8 Å². The van der Waals surface area contributed by atoms with Crippen LogP contribution in [0.4, 0.5) is 16.3 Å². The topological polar surface area (TPSA) is 133 Å². The Morgan fingerprint density at radius 3 is 2.47 bits per heavy atom. The van der Waals surface area contributed by atoms with E-state index in [0.717, 1.165) is 38.0 Å². The van der Waals surface area contributed by atoms with Crippen LogP contribution in [0.2, 0.25) is 15.2 Å². The fourth-order valence-electron chi connectivity index (χ4n) is 3.73. The molecule has 0 unspecified atom stereocenters. The minimum atomic E-state index is -0.725. The number of carbonyl (C=O) groups is 1. The number of ether oxygens (including phenoxy) is 1. The summed E-state index contributed by atoms with van der Waals surface area (Å²) in [6.45, 7) is 5.38. The highest BCUT2D eigenvalue weighted by Gasteiger charge is 2.24. The quantitative estimate of drug-likeness (QED) is 0.166. The largest absolute Gasteiger partial charge is 0.443 e. The summed E-state index contributed by atoms with van der Waals surface area (Å²) in [5.74, 6) is 0.103. The Kier molecular flexibility index (Phi) is 7.17. The van der Waals surface area contributed by atoms with Gasteiger partial charge in [-0.3, -0.25) is 5.41 Å². The van der Waals surface area contributed by atoms with Crippen LogP contribution < -0.4 is 11.1 Å². The normalized spacial score (nSPS) is 11.6. The standard InChI is InChI=1S/C24H24Cl3N7O2/c1-24(2,3)36-23(35)34(22(28)29)7-6-12-8-13(30-20-5-4-19(27)32-33-20)9-15-14-10-16(25)17(26)11-18(14)31-21(12)15/h4-5,8-11,31H,6-7H2,1-3H3,(H3,28,29)(H,30,33). The summed E-state index contributed by atoms with van der Waals surface area (Å²) in [7, 11) is 0. The molecular formula is C24H24Cl3N7O2. The molecule has 0 bridgehead atoms. The maximum absolute atomic E-state index is 12.6. The van der Waals surface area contributed by atoms with E-state index >= 15 is 0 Å². The molecule has 2 heterocycles. The Bertz CT molecular complexity index is 1460. The lowest BCUT2D eigenvalue weighted by atomic mass is 10.0. The van der Waals surface area contributed by atoms with Crippen LogP contribution in [0.5, 0.6) is 0 Å². The van der Waals surface area contributed by atoms with E-state index in [1.54, 1.807) is 45.0 Å². The number of carbonyl (C=O) groups excluding carboxylic acids is 1. The molecule has 0 spiro atoms. The van der Waals surface area contributed by atoms with Gasteiger partial charge in [-0.2, -0.15) is 0 Å². The van der Waals surface area contributed by atoms with Crippen molar-refractivity contribution in [2.24, 2.45) is 5.73 Å². The molecule has 2 aromatic heterocycles. The van der Waals surface area contributed by atoms with E-state index < -0.39 is 17.7 Å². The fraction of sp³-hybridized carbons (Fsp3) is 0.250. The molecule has 9 nitrogen and oxygen atoms in total. The lowest BCUT2D eigenvalue weighted by Crippen LogP contribution is -2.45. The molecule has 0 aliphatic rings. The lowest BCUT2D eigenvalue weighted by Gasteiger charge is -2.26. The molecule has 1 amide bonds. The number of nitrogens with one attached hydrogen (secondary N) is 3. The van der Waals surface area contributed by atoms with Crippen molar-refractivity contribution in [2.75, 3.05) is 11.9 Å².